The fraction of sp³-hybridized carbons (Fsp3) is 0.217. The molecule has 0 atom stereocenters. The Morgan fingerprint density at radius 3 is 2.81 bits per heavy atom. The van der Waals surface area contributed by atoms with Gasteiger partial charge >= 0.3 is 5.97 Å². The maximum absolute atomic E-state index is 12.6. The molecule has 158 valence electrons. The zero-order valence-corrected chi connectivity index (χ0v) is 17.0. The smallest absolute Gasteiger partial charge is 0.344 e. The summed E-state index contributed by atoms with van der Waals surface area (Å²) in [6.07, 6.45) is 2.46. The lowest BCUT2D eigenvalue weighted by molar-refractivity contribution is -0.147. The van der Waals surface area contributed by atoms with Gasteiger partial charge in [-0.1, -0.05) is 24.3 Å². The molecule has 0 bridgehead atoms. The van der Waals surface area contributed by atoms with Crippen LogP contribution in [0.2, 0.25) is 0 Å². The lowest BCUT2D eigenvalue weighted by Gasteiger charge is -2.13. The van der Waals surface area contributed by atoms with Crippen LogP contribution in [0.15, 0.2) is 59.9 Å². The first-order valence-corrected chi connectivity index (χ1v) is 9.49. The highest BCUT2D eigenvalue weighted by atomic mass is 16.6. The van der Waals surface area contributed by atoms with Crippen molar-refractivity contribution in [3.63, 3.8) is 0 Å². The third-order valence-electron chi connectivity index (χ3n) is 4.49. The van der Waals surface area contributed by atoms with Gasteiger partial charge in [-0.25, -0.2) is 9.78 Å². The van der Waals surface area contributed by atoms with Crippen LogP contribution < -0.4 is 15.0 Å². The number of fused-ring (bicyclic) bond motifs is 1. The minimum Gasteiger partial charge on any atom is -0.493 e. The molecule has 0 amide bonds. The average molecular weight is 419 g/mol. The number of esters is 1. The minimum atomic E-state index is -0.650. The number of ether oxygens (including phenoxy) is 3. The molecule has 3 aromatic rings. The lowest BCUT2D eigenvalue weighted by atomic mass is 10.1. The predicted octanol–water partition coefficient (Wildman–Crippen LogP) is 2.78. The number of nitriles is 1. The maximum Gasteiger partial charge on any atom is 0.344 e. The molecule has 0 aliphatic heterocycles. The molecule has 0 N–H and O–H groups in total. The maximum atomic E-state index is 12.6. The van der Waals surface area contributed by atoms with E-state index in [1.165, 1.54) is 11.7 Å². The van der Waals surface area contributed by atoms with E-state index in [0.29, 0.717) is 28.8 Å². The van der Waals surface area contributed by atoms with E-state index in [-0.39, 0.29) is 31.1 Å². The number of carbonyl (C=O) groups excluding carboxylic acids is 1. The highest BCUT2D eigenvalue weighted by Crippen LogP contribution is 2.28. The quantitative estimate of drug-likeness (QED) is 0.388. The summed E-state index contributed by atoms with van der Waals surface area (Å²) in [7, 11) is 1.51. The van der Waals surface area contributed by atoms with Crippen LogP contribution in [0.1, 0.15) is 11.4 Å². The van der Waals surface area contributed by atoms with E-state index in [1.54, 1.807) is 36.4 Å². The van der Waals surface area contributed by atoms with Gasteiger partial charge in [-0.15, -0.1) is 6.58 Å². The summed E-state index contributed by atoms with van der Waals surface area (Å²) >= 11 is 0. The Morgan fingerprint density at radius 1 is 1.26 bits per heavy atom. The van der Waals surface area contributed by atoms with Gasteiger partial charge < -0.3 is 14.2 Å². The Labute approximate surface area is 178 Å². The number of para-hydroxylation sites is 1. The van der Waals surface area contributed by atoms with Gasteiger partial charge in [-0.05, 0) is 36.2 Å². The second kappa shape index (κ2) is 10.1. The zero-order chi connectivity index (χ0) is 22.2. The second-order valence-electron chi connectivity index (χ2n) is 6.52. The number of rotatable bonds is 9. The van der Waals surface area contributed by atoms with Crippen molar-refractivity contribution in [1.29, 1.82) is 5.26 Å². The number of nitrogens with zero attached hydrogens (tertiary/aromatic N) is 3. The van der Waals surface area contributed by atoms with Gasteiger partial charge in [0.1, 0.15) is 13.2 Å². The van der Waals surface area contributed by atoms with Crippen molar-refractivity contribution in [3.05, 3.63) is 76.9 Å². The molecular formula is C23H21N3O5. The molecule has 0 unspecified atom stereocenters. The fourth-order valence-corrected chi connectivity index (χ4v) is 3.01. The van der Waals surface area contributed by atoms with E-state index in [9.17, 15) is 9.59 Å². The number of aromatic nitrogens is 2. The summed E-state index contributed by atoms with van der Waals surface area (Å²) in [5, 5.41) is 9.44. The van der Waals surface area contributed by atoms with Crippen LogP contribution in [0, 0.1) is 11.3 Å². The Balaban J connectivity index is 1.69. The number of benzene rings is 2. The first-order valence-electron chi connectivity index (χ1n) is 9.49. The molecule has 0 aliphatic rings. The number of allylic oxidation sites excluding steroid dienone is 1. The summed E-state index contributed by atoms with van der Waals surface area (Å²) in [6, 6.07) is 14.1. The Bertz CT molecular complexity index is 1210. The largest absolute Gasteiger partial charge is 0.493 e. The van der Waals surface area contributed by atoms with Crippen molar-refractivity contribution in [2.24, 2.45) is 0 Å². The second-order valence-corrected chi connectivity index (χ2v) is 6.52. The van der Waals surface area contributed by atoms with Crippen LogP contribution >= 0.6 is 0 Å². The molecule has 31 heavy (non-hydrogen) atoms. The van der Waals surface area contributed by atoms with Crippen LogP contribution in [0.3, 0.4) is 0 Å². The summed E-state index contributed by atoms with van der Waals surface area (Å²) in [6.45, 7) is 2.88. The first kappa shape index (κ1) is 21.6. The number of carbonyl (C=O) groups is 1. The van der Waals surface area contributed by atoms with E-state index >= 15 is 0 Å². The summed E-state index contributed by atoms with van der Waals surface area (Å²) < 4.78 is 17.2. The van der Waals surface area contributed by atoms with Crippen molar-refractivity contribution >= 4 is 16.9 Å². The van der Waals surface area contributed by atoms with Crippen molar-refractivity contribution in [2.45, 2.75) is 19.6 Å². The molecule has 1 heterocycles. The van der Waals surface area contributed by atoms with Crippen LogP contribution in [0.4, 0.5) is 0 Å². The molecular weight excluding hydrogens is 398 g/mol. The van der Waals surface area contributed by atoms with E-state index in [2.05, 4.69) is 11.6 Å². The topological polar surface area (TPSA) is 103 Å². The predicted molar refractivity (Wildman–Crippen MR) is 114 cm³/mol. The van der Waals surface area contributed by atoms with Gasteiger partial charge in [-0.3, -0.25) is 9.36 Å². The molecule has 0 spiro atoms. The third kappa shape index (κ3) is 5.08. The van der Waals surface area contributed by atoms with E-state index < -0.39 is 5.97 Å². The molecule has 2 aromatic carbocycles. The Morgan fingerprint density at radius 2 is 2.06 bits per heavy atom. The average Bonchev–Trinajstić information content (AvgIpc) is 2.79. The SMILES string of the molecule is C=CCc1ccc(OCC(=O)OCc2nc3ccccc3c(=O)n2CC#N)c(OC)c1. The standard InChI is InChI=1S/C23H21N3O5/c1-3-6-16-9-10-19(20(13-16)29-2)30-15-22(27)31-14-21-25-18-8-5-4-7-17(18)23(28)26(21)12-11-24/h3-5,7-10,13H,1,6,12,14-15H2,2H3. The highest BCUT2D eigenvalue weighted by molar-refractivity contribution is 5.77. The Kier molecular flexibility index (Phi) is 7.01. The molecule has 0 aliphatic carbocycles. The van der Waals surface area contributed by atoms with Gasteiger partial charge in [0.2, 0.25) is 0 Å². The van der Waals surface area contributed by atoms with Crippen LogP contribution in [0.25, 0.3) is 10.9 Å². The summed E-state index contributed by atoms with van der Waals surface area (Å²) in [5.41, 5.74) is 1.10. The zero-order valence-electron chi connectivity index (χ0n) is 17.0. The monoisotopic (exact) mass is 419 g/mol. The van der Waals surface area contributed by atoms with Gasteiger partial charge in [0.15, 0.2) is 23.9 Å². The van der Waals surface area contributed by atoms with Crippen molar-refractivity contribution < 1.29 is 19.0 Å². The first-order chi connectivity index (χ1) is 15.1. The minimum absolute atomic E-state index is 0.185. The molecule has 0 saturated heterocycles. The molecule has 0 fully saturated rings. The Hall–Kier alpha value is -4.12. The molecule has 3 rings (SSSR count). The highest BCUT2D eigenvalue weighted by Gasteiger charge is 2.14. The van der Waals surface area contributed by atoms with Crippen LogP contribution in [0.5, 0.6) is 11.5 Å². The van der Waals surface area contributed by atoms with E-state index in [4.69, 9.17) is 19.5 Å². The molecule has 0 radical (unpaired) electrons. The van der Waals surface area contributed by atoms with Crippen molar-refractivity contribution in [2.75, 3.05) is 13.7 Å². The van der Waals surface area contributed by atoms with Gasteiger partial charge in [0.25, 0.3) is 5.56 Å². The molecule has 0 saturated carbocycles. The number of hydrogen-bond acceptors (Lipinski definition) is 7. The van der Waals surface area contributed by atoms with E-state index in [1.807, 2.05) is 18.2 Å². The van der Waals surface area contributed by atoms with Gasteiger partial charge in [0.05, 0.1) is 24.1 Å². The van der Waals surface area contributed by atoms with Crippen LogP contribution in [-0.4, -0.2) is 29.2 Å². The summed E-state index contributed by atoms with van der Waals surface area (Å²) in [4.78, 5) is 29.2. The lowest BCUT2D eigenvalue weighted by Crippen LogP contribution is -2.26. The molecule has 1 aromatic heterocycles. The fourth-order valence-electron chi connectivity index (χ4n) is 3.01. The van der Waals surface area contributed by atoms with E-state index in [0.717, 1.165) is 5.56 Å². The normalized spacial score (nSPS) is 10.3. The molecule has 8 nitrogen and oxygen atoms in total. The van der Waals surface area contributed by atoms with Gasteiger partial charge in [-0.2, -0.15) is 5.26 Å². The van der Waals surface area contributed by atoms with Crippen LogP contribution in [-0.2, 0) is 29.1 Å². The number of hydrogen-bond donors (Lipinski definition) is 0. The van der Waals surface area contributed by atoms with Crippen molar-refractivity contribution in [1.82, 2.24) is 9.55 Å². The number of methoxy groups -OCH3 is 1. The summed E-state index contributed by atoms with van der Waals surface area (Å²) in [5.74, 6) is 0.428. The van der Waals surface area contributed by atoms with Gasteiger partial charge in [0, 0.05) is 0 Å². The van der Waals surface area contributed by atoms with Crippen molar-refractivity contribution in [3.8, 4) is 17.6 Å². The third-order valence-corrected chi connectivity index (χ3v) is 4.49. The molecule has 8 heteroatoms.